The summed E-state index contributed by atoms with van der Waals surface area (Å²) in [7, 11) is 1.68. The van der Waals surface area contributed by atoms with Crippen LogP contribution >= 0.6 is 11.8 Å². The zero-order chi connectivity index (χ0) is 14.7. The van der Waals surface area contributed by atoms with Gasteiger partial charge in [-0.1, -0.05) is 18.1 Å². The Bertz CT molecular complexity index is 581. The van der Waals surface area contributed by atoms with Gasteiger partial charge >= 0.3 is 0 Å². The summed E-state index contributed by atoms with van der Waals surface area (Å²) in [5, 5.41) is 9.38. The summed E-state index contributed by atoms with van der Waals surface area (Å²) in [6, 6.07) is 8.45. The van der Waals surface area contributed by atoms with Crippen molar-refractivity contribution in [2.24, 2.45) is 0 Å². The molecule has 1 unspecified atom stereocenters. The number of methoxy groups -OCH3 is 1. The Morgan fingerprint density at radius 3 is 2.67 bits per heavy atom. The first kappa shape index (κ1) is 14.4. The number of hydrogen-bond donors (Lipinski definition) is 0. The van der Waals surface area contributed by atoms with E-state index in [1.807, 2.05) is 36.0 Å². The van der Waals surface area contributed by atoms with Crippen molar-refractivity contribution < 1.29 is 4.74 Å². The normalized spacial score (nSPS) is 22.2. The van der Waals surface area contributed by atoms with Gasteiger partial charge in [0.2, 0.25) is 0 Å². The molecule has 2 aromatic rings. The van der Waals surface area contributed by atoms with E-state index in [1.54, 1.807) is 7.11 Å². The molecule has 4 nitrogen and oxygen atoms in total. The molecular formula is C16H21N3OS. The number of ether oxygens (including phenoxy) is 1. The van der Waals surface area contributed by atoms with Gasteiger partial charge in [0, 0.05) is 10.8 Å². The number of rotatable bonds is 4. The van der Waals surface area contributed by atoms with Crippen LogP contribution in [0.15, 0.2) is 30.5 Å². The molecule has 21 heavy (non-hydrogen) atoms. The highest BCUT2D eigenvalue weighted by molar-refractivity contribution is 7.99. The molecule has 0 radical (unpaired) electrons. The lowest BCUT2D eigenvalue weighted by atomic mass is 9.95. The van der Waals surface area contributed by atoms with E-state index in [2.05, 4.69) is 27.4 Å². The molecule has 0 N–H and O–H groups in total. The Labute approximate surface area is 129 Å². The van der Waals surface area contributed by atoms with Gasteiger partial charge in [-0.2, -0.15) is 11.8 Å². The average Bonchev–Trinajstić information content (AvgIpc) is 3.04. The molecule has 5 heteroatoms. The molecule has 1 heterocycles. The van der Waals surface area contributed by atoms with Crippen LogP contribution in [0.3, 0.4) is 0 Å². The van der Waals surface area contributed by atoms with Gasteiger partial charge in [0.1, 0.15) is 11.4 Å². The van der Waals surface area contributed by atoms with Crippen molar-refractivity contribution in [1.82, 2.24) is 15.0 Å². The van der Waals surface area contributed by atoms with Crippen LogP contribution in [-0.4, -0.2) is 33.6 Å². The van der Waals surface area contributed by atoms with E-state index < -0.39 is 0 Å². The van der Waals surface area contributed by atoms with Crippen LogP contribution in [0.2, 0.25) is 0 Å². The van der Waals surface area contributed by atoms with Gasteiger partial charge in [-0.15, -0.1) is 5.10 Å². The summed E-state index contributed by atoms with van der Waals surface area (Å²) >= 11 is 1.95. The standard InChI is InChI=1S/C16H21N3OS/c1-20-13-9-7-12(8-10-13)14-11-19(18-17-14)15-5-3-4-6-16(15)21-2/h7-11,15-16H,3-6H2,1-2H3/t15?,16-/m1/s1. The van der Waals surface area contributed by atoms with Crippen LogP contribution in [0.1, 0.15) is 31.7 Å². The molecule has 1 aromatic heterocycles. The van der Waals surface area contributed by atoms with E-state index >= 15 is 0 Å². The Hall–Kier alpha value is -1.49. The largest absolute Gasteiger partial charge is 0.497 e. The second kappa shape index (κ2) is 6.52. The van der Waals surface area contributed by atoms with E-state index in [4.69, 9.17) is 4.74 Å². The van der Waals surface area contributed by atoms with Crippen molar-refractivity contribution in [3.63, 3.8) is 0 Å². The molecule has 1 aliphatic rings. The third kappa shape index (κ3) is 3.07. The Kier molecular flexibility index (Phi) is 4.48. The van der Waals surface area contributed by atoms with Gasteiger partial charge in [-0.3, -0.25) is 0 Å². The predicted molar refractivity (Wildman–Crippen MR) is 86.8 cm³/mol. The number of hydrogen-bond acceptors (Lipinski definition) is 4. The van der Waals surface area contributed by atoms with Crippen molar-refractivity contribution in [2.75, 3.05) is 13.4 Å². The first-order valence-electron chi connectivity index (χ1n) is 7.41. The fourth-order valence-corrected chi connectivity index (χ4v) is 3.97. The van der Waals surface area contributed by atoms with Gasteiger partial charge in [0.15, 0.2) is 0 Å². The topological polar surface area (TPSA) is 39.9 Å². The molecule has 0 aliphatic heterocycles. The zero-order valence-electron chi connectivity index (χ0n) is 12.5. The quantitative estimate of drug-likeness (QED) is 0.861. The first-order valence-corrected chi connectivity index (χ1v) is 8.69. The lowest BCUT2D eigenvalue weighted by molar-refractivity contribution is 0.334. The predicted octanol–water partition coefficient (Wildman–Crippen LogP) is 3.80. The maximum Gasteiger partial charge on any atom is 0.118 e. The van der Waals surface area contributed by atoms with Crippen LogP contribution in [0.25, 0.3) is 11.3 Å². The van der Waals surface area contributed by atoms with Crippen molar-refractivity contribution in [3.05, 3.63) is 30.5 Å². The van der Waals surface area contributed by atoms with Crippen LogP contribution < -0.4 is 4.74 Å². The van der Waals surface area contributed by atoms with Crippen molar-refractivity contribution >= 4 is 11.8 Å². The van der Waals surface area contributed by atoms with Crippen LogP contribution in [-0.2, 0) is 0 Å². The Morgan fingerprint density at radius 1 is 1.19 bits per heavy atom. The van der Waals surface area contributed by atoms with Crippen molar-refractivity contribution in [1.29, 1.82) is 0 Å². The number of benzene rings is 1. The minimum atomic E-state index is 0.480. The average molecular weight is 303 g/mol. The third-order valence-corrected chi connectivity index (χ3v) is 5.36. The fourth-order valence-electron chi connectivity index (χ4n) is 2.99. The smallest absolute Gasteiger partial charge is 0.118 e. The van der Waals surface area contributed by atoms with Gasteiger partial charge in [0.25, 0.3) is 0 Å². The second-order valence-electron chi connectivity index (χ2n) is 5.44. The number of thioether (sulfide) groups is 1. The molecule has 112 valence electrons. The van der Waals surface area contributed by atoms with Crippen molar-refractivity contribution in [2.45, 2.75) is 37.0 Å². The van der Waals surface area contributed by atoms with Crippen LogP contribution in [0.5, 0.6) is 5.75 Å². The Morgan fingerprint density at radius 2 is 1.95 bits per heavy atom. The molecule has 1 saturated carbocycles. The molecule has 1 fully saturated rings. The summed E-state index contributed by atoms with van der Waals surface area (Å²) in [4.78, 5) is 0. The highest BCUT2D eigenvalue weighted by Gasteiger charge is 2.26. The summed E-state index contributed by atoms with van der Waals surface area (Å²) in [5.41, 5.74) is 2.02. The first-order chi connectivity index (χ1) is 10.3. The minimum absolute atomic E-state index is 0.480. The monoisotopic (exact) mass is 303 g/mol. The molecule has 1 aliphatic carbocycles. The van der Waals surface area contributed by atoms with Crippen LogP contribution in [0.4, 0.5) is 0 Å². The number of nitrogens with zero attached hydrogens (tertiary/aromatic N) is 3. The molecule has 0 bridgehead atoms. The summed E-state index contributed by atoms with van der Waals surface area (Å²) in [6.45, 7) is 0. The van der Waals surface area contributed by atoms with E-state index in [-0.39, 0.29) is 0 Å². The number of aromatic nitrogens is 3. The highest BCUT2D eigenvalue weighted by atomic mass is 32.2. The molecule has 3 rings (SSSR count). The van der Waals surface area contributed by atoms with Gasteiger partial charge in [0.05, 0.1) is 19.3 Å². The molecule has 2 atom stereocenters. The van der Waals surface area contributed by atoms with E-state index in [0.717, 1.165) is 17.0 Å². The molecule has 0 amide bonds. The molecule has 0 spiro atoms. The minimum Gasteiger partial charge on any atom is -0.497 e. The highest BCUT2D eigenvalue weighted by Crippen LogP contribution is 2.35. The molecular weight excluding hydrogens is 282 g/mol. The maximum absolute atomic E-state index is 5.19. The second-order valence-corrected chi connectivity index (χ2v) is 6.52. The third-order valence-electron chi connectivity index (χ3n) is 4.21. The summed E-state index contributed by atoms with van der Waals surface area (Å²) < 4.78 is 7.26. The SMILES string of the molecule is COc1ccc(-c2cn(C3CCCC[C@H]3SC)nn2)cc1. The van der Waals surface area contributed by atoms with Gasteiger partial charge < -0.3 is 4.74 Å². The molecule has 1 aromatic carbocycles. The lowest BCUT2D eigenvalue weighted by Gasteiger charge is -2.29. The molecule has 0 saturated heterocycles. The zero-order valence-corrected chi connectivity index (χ0v) is 13.3. The Balaban J connectivity index is 1.81. The van der Waals surface area contributed by atoms with Crippen LogP contribution in [0, 0.1) is 0 Å². The van der Waals surface area contributed by atoms with Gasteiger partial charge in [-0.05, 0) is 43.4 Å². The van der Waals surface area contributed by atoms with E-state index in [1.165, 1.54) is 25.7 Å². The lowest BCUT2D eigenvalue weighted by Crippen LogP contribution is -2.25. The summed E-state index contributed by atoms with van der Waals surface area (Å²) in [5.74, 6) is 0.862. The van der Waals surface area contributed by atoms with E-state index in [9.17, 15) is 0 Å². The van der Waals surface area contributed by atoms with Gasteiger partial charge in [-0.25, -0.2) is 4.68 Å². The fraction of sp³-hybridized carbons (Fsp3) is 0.500. The maximum atomic E-state index is 5.19. The summed E-state index contributed by atoms with van der Waals surface area (Å²) in [6.07, 6.45) is 9.40. The van der Waals surface area contributed by atoms with Crippen molar-refractivity contribution in [3.8, 4) is 17.0 Å². The van der Waals surface area contributed by atoms with E-state index in [0.29, 0.717) is 11.3 Å².